The predicted octanol–water partition coefficient (Wildman–Crippen LogP) is 5.32. The third kappa shape index (κ3) is 3.76. The molecule has 0 aliphatic carbocycles. The molecule has 33 heavy (non-hydrogen) atoms. The fourth-order valence-electron chi connectivity index (χ4n) is 3.66. The van der Waals surface area contributed by atoms with E-state index in [0.717, 1.165) is 5.56 Å². The molecule has 0 saturated heterocycles. The van der Waals surface area contributed by atoms with Gasteiger partial charge in [0.15, 0.2) is 5.76 Å². The minimum atomic E-state index is -0.491. The molecule has 0 spiro atoms. The zero-order valence-corrected chi connectivity index (χ0v) is 17.6. The van der Waals surface area contributed by atoms with Gasteiger partial charge < -0.3 is 14.8 Å². The van der Waals surface area contributed by atoms with Crippen LogP contribution in [0.2, 0.25) is 0 Å². The van der Waals surface area contributed by atoms with E-state index in [9.17, 15) is 14.7 Å². The number of amides is 1. The highest BCUT2D eigenvalue weighted by Crippen LogP contribution is 2.33. The van der Waals surface area contributed by atoms with Crippen LogP contribution in [0, 0.1) is 6.92 Å². The van der Waals surface area contributed by atoms with Gasteiger partial charge >= 0.3 is 0 Å². The predicted molar refractivity (Wildman–Crippen MR) is 124 cm³/mol. The number of para-hydroxylation sites is 1. The van der Waals surface area contributed by atoms with Gasteiger partial charge in [-0.05, 0) is 37.3 Å². The van der Waals surface area contributed by atoms with Gasteiger partial charge in [0.05, 0.1) is 11.4 Å². The van der Waals surface area contributed by atoms with Gasteiger partial charge in [0, 0.05) is 16.5 Å². The van der Waals surface area contributed by atoms with Crippen molar-refractivity contribution in [1.29, 1.82) is 0 Å². The largest absolute Gasteiger partial charge is 0.507 e. The van der Waals surface area contributed by atoms with Crippen molar-refractivity contribution < 1.29 is 19.1 Å². The molecule has 5 rings (SSSR count). The van der Waals surface area contributed by atoms with Crippen molar-refractivity contribution in [3.05, 3.63) is 101 Å². The minimum Gasteiger partial charge on any atom is -0.507 e. The Bertz CT molecular complexity index is 1500. The van der Waals surface area contributed by atoms with E-state index in [1.54, 1.807) is 72.8 Å². The van der Waals surface area contributed by atoms with Crippen molar-refractivity contribution in [2.24, 2.45) is 0 Å². The molecule has 1 amide bonds. The zero-order chi connectivity index (χ0) is 22.9. The number of furan rings is 1. The van der Waals surface area contributed by atoms with E-state index in [1.165, 1.54) is 0 Å². The molecule has 0 aliphatic rings. The summed E-state index contributed by atoms with van der Waals surface area (Å²) in [6.07, 6.45) is 0. The van der Waals surface area contributed by atoms with Crippen LogP contribution < -0.4 is 5.32 Å². The molecule has 0 atom stereocenters. The fraction of sp³-hybridized carbons (Fsp3) is 0.0385. The third-order valence-corrected chi connectivity index (χ3v) is 5.33. The van der Waals surface area contributed by atoms with E-state index in [4.69, 9.17) is 4.42 Å². The number of phenols is 1. The van der Waals surface area contributed by atoms with Crippen LogP contribution in [-0.4, -0.2) is 27.0 Å². The quantitative estimate of drug-likeness (QED) is 0.323. The summed E-state index contributed by atoms with van der Waals surface area (Å²) in [5.74, 6) is -0.714. The number of fused-ring (bicyclic) bond motifs is 1. The number of hydrogen-bond donors (Lipinski definition) is 3. The SMILES string of the molecule is Cc1ccc(O)c(-c2cc(C(=O)Nc3c(C(=O)c4ccccc4)oc4ccccc34)[nH]n2)c1. The van der Waals surface area contributed by atoms with Crippen LogP contribution in [0.25, 0.3) is 22.2 Å². The van der Waals surface area contributed by atoms with Gasteiger partial charge in [0.25, 0.3) is 5.91 Å². The van der Waals surface area contributed by atoms with Crippen molar-refractivity contribution in [3.8, 4) is 17.0 Å². The van der Waals surface area contributed by atoms with E-state index in [1.807, 2.05) is 13.0 Å². The van der Waals surface area contributed by atoms with Crippen molar-refractivity contribution >= 4 is 28.3 Å². The van der Waals surface area contributed by atoms with Crippen LogP contribution >= 0.6 is 0 Å². The summed E-state index contributed by atoms with van der Waals surface area (Å²) in [4.78, 5) is 26.2. The first-order chi connectivity index (χ1) is 16.0. The first kappa shape index (κ1) is 20.3. The Hall–Kier alpha value is -4.65. The van der Waals surface area contributed by atoms with Crippen molar-refractivity contribution in [2.45, 2.75) is 6.92 Å². The number of aromatic hydroxyl groups is 1. The molecule has 0 fully saturated rings. The fourth-order valence-corrected chi connectivity index (χ4v) is 3.66. The highest BCUT2D eigenvalue weighted by Gasteiger charge is 2.24. The van der Waals surface area contributed by atoms with Gasteiger partial charge in [-0.2, -0.15) is 5.10 Å². The van der Waals surface area contributed by atoms with E-state index in [2.05, 4.69) is 15.5 Å². The van der Waals surface area contributed by atoms with Crippen LogP contribution in [0.15, 0.2) is 83.3 Å². The molecular formula is C26H19N3O4. The molecule has 3 aromatic carbocycles. The van der Waals surface area contributed by atoms with Gasteiger partial charge in [-0.15, -0.1) is 0 Å². The number of H-pyrrole nitrogens is 1. The number of aryl methyl sites for hydroxylation is 1. The number of phenolic OH excluding ortho intramolecular Hbond substituents is 1. The Labute approximate surface area is 188 Å². The molecule has 0 radical (unpaired) electrons. The number of carbonyl (C=O) groups excluding carboxylic acids is 2. The Kier molecular flexibility index (Phi) is 4.99. The van der Waals surface area contributed by atoms with Gasteiger partial charge in [0.2, 0.25) is 5.78 Å². The Morgan fingerprint density at radius 2 is 1.73 bits per heavy atom. The number of rotatable bonds is 5. The molecular weight excluding hydrogens is 418 g/mol. The number of nitrogens with one attached hydrogen (secondary N) is 2. The van der Waals surface area contributed by atoms with Gasteiger partial charge in [-0.1, -0.05) is 54.1 Å². The van der Waals surface area contributed by atoms with Crippen LogP contribution in [-0.2, 0) is 0 Å². The number of hydrogen-bond acceptors (Lipinski definition) is 5. The summed E-state index contributed by atoms with van der Waals surface area (Å²) in [5.41, 5.74) is 3.30. The van der Waals surface area contributed by atoms with E-state index in [-0.39, 0.29) is 23.0 Å². The van der Waals surface area contributed by atoms with Crippen molar-refractivity contribution in [3.63, 3.8) is 0 Å². The topological polar surface area (TPSA) is 108 Å². The number of nitrogens with zero attached hydrogens (tertiary/aromatic N) is 1. The second kappa shape index (κ2) is 8.12. The second-order valence-electron chi connectivity index (χ2n) is 7.64. The normalized spacial score (nSPS) is 10.9. The maximum atomic E-state index is 13.1. The average Bonchev–Trinajstić information content (AvgIpc) is 3.46. The summed E-state index contributed by atoms with van der Waals surface area (Å²) in [5, 5.41) is 20.5. The highest BCUT2D eigenvalue weighted by atomic mass is 16.3. The van der Waals surface area contributed by atoms with E-state index in [0.29, 0.717) is 33.5 Å². The van der Waals surface area contributed by atoms with Crippen LogP contribution in [0.5, 0.6) is 5.75 Å². The summed E-state index contributed by atoms with van der Waals surface area (Å²) < 4.78 is 5.83. The van der Waals surface area contributed by atoms with Crippen molar-refractivity contribution in [2.75, 3.05) is 5.32 Å². The number of anilines is 1. The number of ketones is 1. The molecule has 0 bridgehead atoms. The summed E-state index contributed by atoms with van der Waals surface area (Å²) in [6.45, 7) is 1.90. The van der Waals surface area contributed by atoms with Crippen LogP contribution in [0.3, 0.4) is 0 Å². The minimum absolute atomic E-state index is 0.0480. The summed E-state index contributed by atoms with van der Waals surface area (Å²) >= 11 is 0. The lowest BCUT2D eigenvalue weighted by Crippen LogP contribution is -2.14. The highest BCUT2D eigenvalue weighted by molar-refractivity contribution is 6.18. The summed E-state index contributed by atoms with van der Waals surface area (Å²) in [7, 11) is 0. The molecule has 2 heterocycles. The molecule has 7 nitrogen and oxygen atoms in total. The molecule has 3 N–H and O–H groups in total. The number of benzene rings is 3. The lowest BCUT2D eigenvalue weighted by Gasteiger charge is -2.05. The van der Waals surface area contributed by atoms with Gasteiger partial charge in [-0.3, -0.25) is 14.7 Å². The van der Waals surface area contributed by atoms with Gasteiger partial charge in [0.1, 0.15) is 17.0 Å². The molecule has 2 aromatic heterocycles. The molecule has 0 saturated carbocycles. The summed E-state index contributed by atoms with van der Waals surface area (Å²) in [6, 6.07) is 22.5. The number of carbonyl (C=O) groups is 2. The zero-order valence-electron chi connectivity index (χ0n) is 17.6. The number of aromatic amines is 1. The molecule has 5 aromatic rings. The van der Waals surface area contributed by atoms with Gasteiger partial charge in [-0.25, -0.2) is 0 Å². The maximum Gasteiger partial charge on any atom is 0.273 e. The van der Waals surface area contributed by atoms with Crippen molar-refractivity contribution in [1.82, 2.24) is 10.2 Å². The lowest BCUT2D eigenvalue weighted by atomic mass is 10.1. The van der Waals surface area contributed by atoms with E-state index < -0.39 is 5.91 Å². The molecule has 162 valence electrons. The smallest absolute Gasteiger partial charge is 0.273 e. The first-order valence-electron chi connectivity index (χ1n) is 10.3. The Morgan fingerprint density at radius 3 is 2.55 bits per heavy atom. The van der Waals surface area contributed by atoms with Crippen LogP contribution in [0.4, 0.5) is 5.69 Å². The Morgan fingerprint density at radius 1 is 0.970 bits per heavy atom. The average molecular weight is 437 g/mol. The maximum absolute atomic E-state index is 13.1. The third-order valence-electron chi connectivity index (χ3n) is 5.33. The second-order valence-corrected chi connectivity index (χ2v) is 7.64. The first-order valence-corrected chi connectivity index (χ1v) is 10.3. The number of aromatic nitrogens is 2. The molecule has 0 aliphatic heterocycles. The van der Waals surface area contributed by atoms with Crippen LogP contribution in [0.1, 0.15) is 32.2 Å². The molecule has 7 heteroatoms. The molecule has 0 unspecified atom stereocenters. The monoisotopic (exact) mass is 437 g/mol. The lowest BCUT2D eigenvalue weighted by molar-refractivity contribution is 0.101. The van der Waals surface area contributed by atoms with E-state index >= 15 is 0 Å². The standard InChI is InChI=1S/C26H19N3O4/c1-15-11-12-21(30)18(13-15)19-14-20(29-28-19)26(32)27-23-17-9-5-6-10-22(17)33-25(23)24(31)16-7-3-2-4-8-16/h2-14,30H,1H3,(H,27,32)(H,28,29). The Balaban J connectivity index is 1.51.